The first-order valence-corrected chi connectivity index (χ1v) is 4.07. The summed E-state index contributed by atoms with van der Waals surface area (Å²) in [7, 11) is -1.95. The fourth-order valence-corrected chi connectivity index (χ4v) is 1.14. The lowest BCUT2D eigenvalue weighted by Gasteiger charge is -1.94. The zero-order chi connectivity index (χ0) is 7.61. The molecule has 0 atom stereocenters. The molecule has 0 aliphatic carbocycles. The van der Waals surface area contributed by atoms with Gasteiger partial charge in [0.15, 0.2) is 0 Å². The molecule has 0 bridgehead atoms. The van der Waals surface area contributed by atoms with Gasteiger partial charge in [-0.25, -0.2) is 13.1 Å². The molecular weight excluding hydrogens is 154 g/mol. The van der Waals surface area contributed by atoms with Gasteiger partial charge < -0.3 is 0 Å². The predicted molar refractivity (Wildman–Crippen MR) is 34.8 cm³/mol. The average Bonchev–Trinajstić information content (AvgIpc) is 2.38. The number of sulfonamides is 1. The van der Waals surface area contributed by atoms with Crippen molar-refractivity contribution in [1.82, 2.24) is 14.9 Å². The number of aromatic nitrogens is 2. The lowest BCUT2D eigenvalue weighted by atomic mass is 10.7. The zero-order valence-corrected chi connectivity index (χ0v) is 6.14. The quantitative estimate of drug-likeness (QED) is 0.603. The van der Waals surface area contributed by atoms with Crippen molar-refractivity contribution >= 4 is 10.0 Å². The van der Waals surface area contributed by atoms with Gasteiger partial charge in [0, 0.05) is 6.20 Å². The molecule has 0 aromatic carbocycles. The van der Waals surface area contributed by atoms with Gasteiger partial charge >= 0.3 is 0 Å². The van der Waals surface area contributed by atoms with E-state index in [1.807, 2.05) is 0 Å². The molecule has 1 rings (SSSR count). The lowest BCUT2D eigenvalue weighted by molar-refractivity contribution is 0.588. The van der Waals surface area contributed by atoms with Crippen molar-refractivity contribution in [2.24, 2.45) is 0 Å². The minimum absolute atomic E-state index is 0.148. The minimum Gasteiger partial charge on any atom is -0.284 e. The van der Waals surface area contributed by atoms with Crippen LogP contribution in [0.2, 0.25) is 0 Å². The van der Waals surface area contributed by atoms with Crippen LogP contribution in [0.5, 0.6) is 0 Å². The molecule has 0 fully saturated rings. The molecule has 5 nitrogen and oxygen atoms in total. The van der Waals surface area contributed by atoms with Crippen molar-refractivity contribution in [2.45, 2.75) is 4.90 Å². The van der Waals surface area contributed by atoms with Gasteiger partial charge in [0.2, 0.25) is 10.0 Å². The summed E-state index contributed by atoms with van der Waals surface area (Å²) in [4.78, 5) is 0.148. The number of nitrogens with one attached hydrogen (secondary N) is 2. The molecule has 1 aromatic heterocycles. The van der Waals surface area contributed by atoms with Crippen molar-refractivity contribution in [1.29, 1.82) is 0 Å². The Bertz CT molecular complexity index is 288. The molecule has 0 saturated carbocycles. The molecule has 2 N–H and O–H groups in total. The van der Waals surface area contributed by atoms with Crippen LogP contribution in [0.3, 0.4) is 0 Å². The third-order valence-electron chi connectivity index (χ3n) is 1.05. The van der Waals surface area contributed by atoms with Gasteiger partial charge in [0.1, 0.15) is 4.90 Å². The summed E-state index contributed by atoms with van der Waals surface area (Å²) in [5.74, 6) is 0. The summed E-state index contributed by atoms with van der Waals surface area (Å²) in [6.07, 6.45) is 2.55. The molecule has 1 heterocycles. The van der Waals surface area contributed by atoms with E-state index in [4.69, 9.17) is 0 Å². The Morgan fingerprint density at radius 2 is 2.40 bits per heavy atom. The Morgan fingerprint density at radius 3 is 2.80 bits per heavy atom. The molecule has 6 heteroatoms. The third kappa shape index (κ3) is 1.17. The van der Waals surface area contributed by atoms with Crippen LogP contribution < -0.4 is 4.72 Å². The highest BCUT2D eigenvalue weighted by atomic mass is 32.2. The summed E-state index contributed by atoms with van der Waals surface area (Å²) in [6.45, 7) is 0. The Morgan fingerprint density at radius 1 is 1.70 bits per heavy atom. The van der Waals surface area contributed by atoms with Crippen LogP contribution in [0.4, 0.5) is 0 Å². The Hall–Kier alpha value is -0.880. The van der Waals surface area contributed by atoms with E-state index in [2.05, 4.69) is 14.9 Å². The molecular formula is C4H7N3O2S. The second kappa shape index (κ2) is 2.39. The predicted octanol–water partition coefficient (Wildman–Crippen LogP) is -0.682. The molecule has 0 aliphatic heterocycles. The van der Waals surface area contributed by atoms with Crippen molar-refractivity contribution in [2.75, 3.05) is 7.05 Å². The van der Waals surface area contributed by atoms with E-state index in [0.717, 1.165) is 0 Å². The van der Waals surface area contributed by atoms with Gasteiger partial charge in [-0.05, 0) is 7.05 Å². The fraction of sp³-hybridized carbons (Fsp3) is 0.250. The van der Waals surface area contributed by atoms with Crippen LogP contribution in [0.25, 0.3) is 0 Å². The number of rotatable bonds is 2. The van der Waals surface area contributed by atoms with Gasteiger partial charge in [-0.15, -0.1) is 0 Å². The second-order valence-corrected chi connectivity index (χ2v) is 3.53. The smallest absolute Gasteiger partial charge is 0.243 e. The van der Waals surface area contributed by atoms with Gasteiger partial charge in [-0.2, -0.15) is 5.10 Å². The van der Waals surface area contributed by atoms with E-state index in [1.165, 1.54) is 19.4 Å². The summed E-state index contributed by atoms with van der Waals surface area (Å²) in [5, 5.41) is 5.89. The van der Waals surface area contributed by atoms with Crippen molar-refractivity contribution in [3.8, 4) is 0 Å². The van der Waals surface area contributed by atoms with Crippen LogP contribution >= 0.6 is 0 Å². The first-order chi connectivity index (χ1) is 4.67. The first kappa shape index (κ1) is 7.23. The highest BCUT2D eigenvalue weighted by Gasteiger charge is 2.10. The molecule has 0 spiro atoms. The molecule has 0 amide bonds. The van der Waals surface area contributed by atoms with Crippen molar-refractivity contribution in [3.05, 3.63) is 12.4 Å². The lowest BCUT2D eigenvalue weighted by Crippen LogP contribution is -2.17. The fourth-order valence-electron chi connectivity index (χ4n) is 0.504. The third-order valence-corrected chi connectivity index (χ3v) is 2.43. The molecule has 0 aliphatic rings. The van der Waals surface area contributed by atoms with Crippen LogP contribution in [0, 0.1) is 0 Å². The Balaban J connectivity index is 3.09. The number of aromatic amines is 1. The molecule has 56 valence electrons. The van der Waals surface area contributed by atoms with Crippen molar-refractivity contribution in [3.63, 3.8) is 0 Å². The van der Waals surface area contributed by atoms with E-state index < -0.39 is 10.0 Å². The van der Waals surface area contributed by atoms with Gasteiger partial charge in [-0.3, -0.25) is 5.10 Å². The maximum atomic E-state index is 10.9. The summed E-state index contributed by atoms with van der Waals surface area (Å²) in [5.41, 5.74) is 0. The number of hydrogen-bond acceptors (Lipinski definition) is 3. The maximum Gasteiger partial charge on any atom is 0.243 e. The first-order valence-electron chi connectivity index (χ1n) is 2.59. The van der Waals surface area contributed by atoms with Gasteiger partial charge in [0.25, 0.3) is 0 Å². The maximum absolute atomic E-state index is 10.9. The van der Waals surface area contributed by atoms with Gasteiger partial charge in [-0.1, -0.05) is 0 Å². The minimum atomic E-state index is -3.30. The Labute approximate surface area is 58.5 Å². The topological polar surface area (TPSA) is 74.8 Å². The zero-order valence-electron chi connectivity index (χ0n) is 5.33. The normalized spacial score (nSPS) is 11.7. The van der Waals surface area contributed by atoms with E-state index in [9.17, 15) is 8.42 Å². The monoisotopic (exact) mass is 161 g/mol. The summed E-state index contributed by atoms with van der Waals surface area (Å²) in [6, 6.07) is 0. The van der Waals surface area contributed by atoms with Gasteiger partial charge in [0.05, 0.1) is 6.20 Å². The highest BCUT2D eigenvalue weighted by molar-refractivity contribution is 7.89. The molecule has 0 radical (unpaired) electrons. The van der Waals surface area contributed by atoms with E-state index >= 15 is 0 Å². The van der Waals surface area contributed by atoms with Crippen LogP contribution in [-0.4, -0.2) is 25.7 Å². The number of H-pyrrole nitrogens is 1. The average molecular weight is 161 g/mol. The largest absolute Gasteiger partial charge is 0.284 e. The van der Waals surface area contributed by atoms with E-state index in [0.29, 0.717) is 0 Å². The highest BCUT2D eigenvalue weighted by Crippen LogP contribution is 2.01. The number of hydrogen-bond donors (Lipinski definition) is 2. The molecule has 0 unspecified atom stereocenters. The molecule has 10 heavy (non-hydrogen) atoms. The van der Waals surface area contributed by atoms with Crippen molar-refractivity contribution < 1.29 is 8.42 Å². The standard InChI is InChI=1S/C4H7N3O2S/c1-5-10(8,9)4-2-6-7-3-4/h2-3,5H,1H3,(H,6,7). The molecule has 0 saturated heterocycles. The Kier molecular flexibility index (Phi) is 1.73. The second-order valence-electron chi connectivity index (χ2n) is 1.64. The summed E-state index contributed by atoms with van der Waals surface area (Å²) >= 11 is 0. The van der Waals surface area contributed by atoms with E-state index in [1.54, 1.807) is 0 Å². The number of nitrogens with zero attached hydrogens (tertiary/aromatic N) is 1. The molecule has 1 aromatic rings. The SMILES string of the molecule is CNS(=O)(=O)c1cn[nH]c1. The van der Waals surface area contributed by atoms with Crippen LogP contribution in [0.15, 0.2) is 17.3 Å². The van der Waals surface area contributed by atoms with E-state index in [-0.39, 0.29) is 4.90 Å². The summed E-state index contributed by atoms with van der Waals surface area (Å²) < 4.78 is 23.9. The van der Waals surface area contributed by atoms with Crippen LogP contribution in [-0.2, 0) is 10.0 Å². The van der Waals surface area contributed by atoms with Crippen LogP contribution in [0.1, 0.15) is 0 Å².